The van der Waals surface area contributed by atoms with Crippen LogP contribution in [0.2, 0.25) is 15.1 Å². The first-order valence-corrected chi connectivity index (χ1v) is 7.50. The quantitative estimate of drug-likeness (QED) is 0.793. The SMILES string of the molecule is CN(C)c1cccc(C(=O)NNc2c(Cl)cc(Cl)cc2Cl)c1. The Morgan fingerprint density at radius 2 is 1.68 bits per heavy atom. The number of rotatable bonds is 4. The van der Waals surface area contributed by atoms with Crippen molar-refractivity contribution in [2.75, 3.05) is 24.4 Å². The van der Waals surface area contributed by atoms with E-state index in [0.29, 0.717) is 26.3 Å². The average molecular weight is 359 g/mol. The van der Waals surface area contributed by atoms with E-state index >= 15 is 0 Å². The molecule has 0 unspecified atom stereocenters. The fourth-order valence-corrected chi connectivity index (χ4v) is 2.69. The summed E-state index contributed by atoms with van der Waals surface area (Å²) in [6.07, 6.45) is 0. The Morgan fingerprint density at radius 3 is 2.27 bits per heavy atom. The number of carbonyl (C=O) groups is 1. The lowest BCUT2D eigenvalue weighted by molar-refractivity contribution is 0.0962. The summed E-state index contributed by atoms with van der Waals surface area (Å²) in [7, 11) is 3.81. The predicted molar refractivity (Wildman–Crippen MR) is 93.3 cm³/mol. The fraction of sp³-hybridized carbons (Fsp3) is 0.133. The summed E-state index contributed by atoms with van der Waals surface area (Å²) in [6, 6.07) is 10.3. The fourth-order valence-electron chi connectivity index (χ4n) is 1.78. The second-order valence-electron chi connectivity index (χ2n) is 4.77. The molecule has 0 spiro atoms. The molecule has 0 saturated heterocycles. The zero-order valence-corrected chi connectivity index (χ0v) is 14.2. The summed E-state index contributed by atoms with van der Waals surface area (Å²) < 4.78 is 0. The molecule has 0 atom stereocenters. The molecule has 0 fully saturated rings. The van der Waals surface area contributed by atoms with Gasteiger partial charge in [0.25, 0.3) is 5.91 Å². The summed E-state index contributed by atoms with van der Waals surface area (Å²) in [4.78, 5) is 14.1. The van der Waals surface area contributed by atoms with Crippen LogP contribution in [0.3, 0.4) is 0 Å². The van der Waals surface area contributed by atoms with Gasteiger partial charge in [-0.05, 0) is 30.3 Å². The Bertz CT molecular complexity index is 681. The number of benzene rings is 2. The van der Waals surface area contributed by atoms with Gasteiger partial charge < -0.3 is 4.90 Å². The Hall–Kier alpha value is -1.62. The highest BCUT2D eigenvalue weighted by Crippen LogP contribution is 2.33. The van der Waals surface area contributed by atoms with Crippen molar-refractivity contribution in [2.24, 2.45) is 0 Å². The molecule has 2 aromatic rings. The third-order valence-corrected chi connectivity index (χ3v) is 3.75. The zero-order valence-electron chi connectivity index (χ0n) is 12.0. The van der Waals surface area contributed by atoms with E-state index < -0.39 is 0 Å². The Labute approximate surface area is 143 Å². The number of anilines is 2. The van der Waals surface area contributed by atoms with Gasteiger partial charge in [-0.3, -0.25) is 15.6 Å². The first kappa shape index (κ1) is 16.7. The molecule has 2 N–H and O–H groups in total. The number of nitrogens with zero attached hydrogens (tertiary/aromatic N) is 1. The summed E-state index contributed by atoms with van der Waals surface area (Å²) in [5.74, 6) is -0.300. The van der Waals surface area contributed by atoms with E-state index in [9.17, 15) is 4.79 Å². The van der Waals surface area contributed by atoms with Gasteiger partial charge in [0.15, 0.2) is 0 Å². The van der Waals surface area contributed by atoms with Gasteiger partial charge in [0.05, 0.1) is 15.7 Å². The van der Waals surface area contributed by atoms with Crippen LogP contribution in [-0.4, -0.2) is 20.0 Å². The van der Waals surface area contributed by atoms with Crippen molar-refractivity contribution >= 4 is 52.1 Å². The van der Waals surface area contributed by atoms with E-state index in [2.05, 4.69) is 10.9 Å². The zero-order chi connectivity index (χ0) is 16.3. The largest absolute Gasteiger partial charge is 0.378 e. The molecule has 0 radical (unpaired) electrons. The molecular weight excluding hydrogens is 345 g/mol. The van der Waals surface area contributed by atoms with E-state index in [0.717, 1.165) is 5.69 Å². The lowest BCUT2D eigenvalue weighted by Gasteiger charge is -2.15. The van der Waals surface area contributed by atoms with Crippen LogP contribution in [0.15, 0.2) is 36.4 Å². The van der Waals surface area contributed by atoms with Crippen molar-refractivity contribution in [1.29, 1.82) is 0 Å². The van der Waals surface area contributed by atoms with Gasteiger partial charge in [0, 0.05) is 30.4 Å². The molecule has 2 aromatic carbocycles. The van der Waals surface area contributed by atoms with Crippen molar-refractivity contribution in [3.05, 3.63) is 57.0 Å². The van der Waals surface area contributed by atoms with Crippen molar-refractivity contribution in [3.63, 3.8) is 0 Å². The molecule has 4 nitrogen and oxygen atoms in total. The summed E-state index contributed by atoms with van der Waals surface area (Å²) >= 11 is 17.9. The van der Waals surface area contributed by atoms with Gasteiger partial charge in [0.2, 0.25) is 0 Å². The molecule has 0 heterocycles. The van der Waals surface area contributed by atoms with Gasteiger partial charge in [-0.15, -0.1) is 0 Å². The Morgan fingerprint density at radius 1 is 1.05 bits per heavy atom. The minimum Gasteiger partial charge on any atom is -0.378 e. The maximum Gasteiger partial charge on any atom is 0.269 e. The molecule has 1 amide bonds. The van der Waals surface area contributed by atoms with Crippen LogP contribution in [-0.2, 0) is 0 Å². The summed E-state index contributed by atoms with van der Waals surface area (Å²) in [5.41, 5.74) is 7.12. The van der Waals surface area contributed by atoms with Crippen LogP contribution < -0.4 is 15.8 Å². The molecule has 0 aliphatic heterocycles. The minimum absolute atomic E-state index is 0.300. The average Bonchev–Trinajstić information content (AvgIpc) is 2.46. The molecule has 116 valence electrons. The molecule has 22 heavy (non-hydrogen) atoms. The molecule has 0 aromatic heterocycles. The highest BCUT2D eigenvalue weighted by molar-refractivity contribution is 6.41. The van der Waals surface area contributed by atoms with Crippen LogP contribution in [0.1, 0.15) is 10.4 Å². The van der Waals surface area contributed by atoms with Crippen LogP contribution in [0.25, 0.3) is 0 Å². The summed E-state index contributed by atoms with van der Waals surface area (Å²) in [5, 5.41) is 1.06. The second kappa shape index (κ2) is 7.09. The highest BCUT2D eigenvalue weighted by Gasteiger charge is 2.11. The van der Waals surface area contributed by atoms with Gasteiger partial charge >= 0.3 is 0 Å². The van der Waals surface area contributed by atoms with Crippen molar-refractivity contribution < 1.29 is 4.79 Å². The van der Waals surface area contributed by atoms with E-state index in [1.165, 1.54) is 12.1 Å². The topological polar surface area (TPSA) is 44.4 Å². The molecular formula is C15H14Cl3N3O. The number of hydrogen-bond acceptors (Lipinski definition) is 3. The van der Waals surface area contributed by atoms with Crippen molar-refractivity contribution in [3.8, 4) is 0 Å². The molecule has 0 saturated carbocycles. The molecule has 0 bridgehead atoms. The van der Waals surface area contributed by atoms with Crippen LogP contribution >= 0.6 is 34.8 Å². The highest BCUT2D eigenvalue weighted by atomic mass is 35.5. The summed E-state index contributed by atoms with van der Waals surface area (Å²) in [6.45, 7) is 0. The van der Waals surface area contributed by atoms with Crippen LogP contribution in [0.5, 0.6) is 0 Å². The molecule has 0 aliphatic rings. The monoisotopic (exact) mass is 357 g/mol. The number of carbonyl (C=O) groups excluding carboxylic acids is 1. The maximum atomic E-state index is 12.2. The third-order valence-electron chi connectivity index (χ3n) is 2.93. The van der Waals surface area contributed by atoms with E-state index in [1.807, 2.05) is 31.1 Å². The molecule has 2 rings (SSSR count). The van der Waals surface area contributed by atoms with E-state index in [-0.39, 0.29) is 5.91 Å². The van der Waals surface area contributed by atoms with Crippen molar-refractivity contribution in [2.45, 2.75) is 0 Å². The van der Waals surface area contributed by atoms with Crippen molar-refractivity contribution in [1.82, 2.24) is 5.43 Å². The number of nitrogens with one attached hydrogen (secondary N) is 2. The lowest BCUT2D eigenvalue weighted by Crippen LogP contribution is -2.29. The third kappa shape index (κ3) is 3.97. The minimum atomic E-state index is -0.300. The number of amides is 1. The number of hydrazine groups is 1. The first-order valence-electron chi connectivity index (χ1n) is 6.37. The van der Waals surface area contributed by atoms with Gasteiger partial charge in [0.1, 0.15) is 0 Å². The smallest absolute Gasteiger partial charge is 0.269 e. The van der Waals surface area contributed by atoms with E-state index in [1.54, 1.807) is 12.1 Å². The van der Waals surface area contributed by atoms with Gasteiger partial charge in [-0.2, -0.15) is 0 Å². The van der Waals surface area contributed by atoms with Gasteiger partial charge in [-0.25, -0.2) is 0 Å². The predicted octanol–water partition coefficient (Wildman–Crippen LogP) is 4.47. The van der Waals surface area contributed by atoms with E-state index in [4.69, 9.17) is 34.8 Å². The standard InChI is InChI=1S/C15H14Cl3N3O/c1-21(2)11-5-3-4-9(6-11)15(22)20-19-14-12(17)7-10(16)8-13(14)18/h3-8,19H,1-2H3,(H,20,22). The first-order chi connectivity index (χ1) is 10.4. The van der Waals surface area contributed by atoms with Crippen LogP contribution in [0, 0.1) is 0 Å². The van der Waals surface area contributed by atoms with Gasteiger partial charge in [-0.1, -0.05) is 40.9 Å². The molecule has 0 aliphatic carbocycles. The number of hydrogen-bond donors (Lipinski definition) is 2. The maximum absolute atomic E-state index is 12.2. The second-order valence-corrected chi connectivity index (χ2v) is 6.02. The Balaban J connectivity index is 2.12. The molecule has 7 heteroatoms. The Kier molecular flexibility index (Phi) is 5.40. The lowest BCUT2D eigenvalue weighted by atomic mass is 10.2. The van der Waals surface area contributed by atoms with Crippen LogP contribution in [0.4, 0.5) is 11.4 Å². The number of halogens is 3. The normalized spacial score (nSPS) is 10.2.